The number of benzene rings is 1. The Bertz CT molecular complexity index is 637. The van der Waals surface area contributed by atoms with E-state index in [-0.39, 0.29) is 10.9 Å². The van der Waals surface area contributed by atoms with Crippen LogP contribution < -0.4 is 5.73 Å². The van der Waals surface area contributed by atoms with Crippen LogP contribution >= 0.6 is 0 Å². The van der Waals surface area contributed by atoms with Crippen LogP contribution in [0.25, 0.3) is 10.9 Å². The van der Waals surface area contributed by atoms with E-state index in [1.807, 2.05) is 0 Å². The summed E-state index contributed by atoms with van der Waals surface area (Å²) < 4.78 is 75.6. The SMILES string of the molecule is Nc1nc(C(F)(F)C(F)(F)F)nc2ccc(F)cc12. The predicted molar refractivity (Wildman–Crippen MR) is 53.9 cm³/mol. The summed E-state index contributed by atoms with van der Waals surface area (Å²) in [6.07, 6.45) is -5.84. The summed E-state index contributed by atoms with van der Waals surface area (Å²) in [5.41, 5.74) is 4.95. The molecule has 0 saturated carbocycles. The van der Waals surface area contributed by atoms with Gasteiger partial charge in [-0.25, -0.2) is 14.4 Å². The zero-order chi connectivity index (χ0) is 14.4. The van der Waals surface area contributed by atoms with E-state index < -0.39 is 29.6 Å². The molecule has 19 heavy (non-hydrogen) atoms. The monoisotopic (exact) mass is 281 g/mol. The molecular formula is C10H5F6N3. The first-order chi connectivity index (χ1) is 8.63. The van der Waals surface area contributed by atoms with Crippen LogP contribution in [-0.4, -0.2) is 16.1 Å². The number of nitrogen functional groups attached to an aromatic ring is 1. The fourth-order valence-corrected chi connectivity index (χ4v) is 1.39. The third-order valence-corrected chi connectivity index (χ3v) is 2.32. The maximum absolute atomic E-state index is 13.1. The van der Waals surface area contributed by atoms with Crippen molar-refractivity contribution in [2.75, 3.05) is 5.73 Å². The second kappa shape index (κ2) is 3.97. The number of nitrogens with two attached hydrogens (primary N) is 1. The summed E-state index contributed by atoms with van der Waals surface area (Å²) in [6, 6.07) is 2.66. The Kier molecular flexibility index (Phi) is 2.79. The summed E-state index contributed by atoms with van der Waals surface area (Å²) in [5.74, 6) is -8.39. The second-order valence-corrected chi connectivity index (χ2v) is 3.67. The predicted octanol–water partition coefficient (Wildman–Crippen LogP) is 3.01. The maximum Gasteiger partial charge on any atom is 0.461 e. The summed E-state index contributed by atoms with van der Waals surface area (Å²) >= 11 is 0. The van der Waals surface area contributed by atoms with Gasteiger partial charge in [0.15, 0.2) is 0 Å². The summed E-state index contributed by atoms with van der Waals surface area (Å²) in [7, 11) is 0. The van der Waals surface area contributed by atoms with Gasteiger partial charge < -0.3 is 5.73 Å². The molecule has 0 aliphatic rings. The zero-order valence-corrected chi connectivity index (χ0v) is 8.97. The molecular weight excluding hydrogens is 276 g/mol. The molecule has 0 aliphatic carbocycles. The maximum atomic E-state index is 13.1. The fraction of sp³-hybridized carbons (Fsp3) is 0.200. The van der Waals surface area contributed by atoms with Crippen molar-refractivity contribution in [3.05, 3.63) is 29.8 Å². The zero-order valence-electron chi connectivity index (χ0n) is 8.97. The largest absolute Gasteiger partial charge is 0.461 e. The minimum absolute atomic E-state index is 0.137. The molecule has 2 aromatic rings. The van der Waals surface area contributed by atoms with E-state index in [0.29, 0.717) is 0 Å². The Morgan fingerprint density at radius 3 is 2.21 bits per heavy atom. The van der Waals surface area contributed by atoms with Gasteiger partial charge in [-0.3, -0.25) is 0 Å². The van der Waals surface area contributed by atoms with E-state index in [4.69, 9.17) is 5.73 Å². The molecule has 1 aromatic carbocycles. The van der Waals surface area contributed by atoms with Crippen molar-refractivity contribution in [3.8, 4) is 0 Å². The lowest BCUT2D eigenvalue weighted by atomic mass is 10.2. The van der Waals surface area contributed by atoms with E-state index in [1.54, 1.807) is 0 Å². The molecule has 3 nitrogen and oxygen atoms in total. The Morgan fingerprint density at radius 1 is 1.00 bits per heavy atom. The van der Waals surface area contributed by atoms with Gasteiger partial charge in [0.2, 0.25) is 5.82 Å². The van der Waals surface area contributed by atoms with Crippen LogP contribution in [0.3, 0.4) is 0 Å². The van der Waals surface area contributed by atoms with Crippen molar-refractivity contribution in [1.82, 2.24) is 9.97 Å². The molecule has 2 rings (SSSR count). The van der Waals surface area contributed by atoms with Crippen molar-refractivity contribution < 1.29 is 26.3 Å². The second-order valence-electron chi connectivity index (χ2n) is 3.67. The van der Waals surface area contributed by atoms with Crippen LogP contribution in [0, 0.1) is 5.82 Å². The Labute approximate surface area is 102 Å². The number of aromatic nitrogens is 2. The van der Waals surface area contributed by atoms with Crippen molar-refractivity contribution in [1.29, 1.82) is 0 Å². The van der Waals surface area contributed by atoms with Crippen LogP contribution in [-0.2, 0) is 5.92 Å². The van der Waals surface area contributed by atoms with Crippen LogP contribution in [0.4, 0.5) is 32.2 Å². The lowest BCUT2D eigenvalue weighted by Gasteiger charge is -2.18. The highest BCUT2D eigenvalue weighted by Crippen LogP contribution is 2.42. The Hall–Kier alpha value is -2.06. The lowest BCUT2D eigenvalue weighted by Crippen LogP contribution is -2.35. The number of fused-ring (bicyclic) bond motifs is 1. The minimum atomic E-state index is -5.84. The highest BCUT2D eigenvalue weighted by atomic mass is 19.4. The first kappa shape index (κ1) is 13.4. The van der Waals surface area contributed by atoms with Gasteiger partial charge in [-0.15, -0.1) is 0 Å². The molecule has 1 aromatic heterocycles. The van der Waals surface area contributed by atoms with Crippen molar-refractivity contribution in [3.63, 3.8) is 0 Å². The lowest BCUT2D eigenvalue weighted by molar-refractivity contribution is -0.292. The fourth-order valence-electron chi connectivity index (χ4n) is 1.39. The molecule has 0 radical (unpaired) electrons. The quantitative estimate of drug-likeness (QED) is 0.817. The molecule has 0 bridgehead atoms. The van der Waals surface area contributed by atoms with E-state index in [2.05, 4.69) is 9.97 Å². The molecule has 102 valence electrons. The van der Waals surface area contributed by atoms with E-state index in [1.165, 1.54) is 0 Å². The first-order valence-corrected chi connectivity index (χ1v) is 4.81. The molecule has 0 spiro atoms. The van der Waals surface area contributed by atoms with Gasteiger partial charge in [-0.2, -0.15) is 22.0 Å². The van der Waals surface area contributed by atoms with Gasteiger partial charge in [0.25, 0.3) is 0 Å². The molecule has 0 atom stereocenters. The molecule has 0 fully saturated rings. The van der Waals surface area contributed by atoms with E-state index in [0.717, 1.165) is 18.2 Å². The van der Waals surface area contributed by atoms with E-state index >= 15 is 0 Å². The number of rotatable bonds is 1. The van der Waals surface area contributed by atoms with Crippen LogP contribution in [0.5, 0.6) is 0 Å². The smallest absolute Gasteiger partial charge is 0.383 e. The van der Waals surface area contributed by atoms with Gasteiger partial charge in [-0.1, -0.05) is 0 Å². The standard InChI is InChI=1S/C10H5F6N3/c11-4-1-2-6-5(3-4)7(17)19-8(18-6)9(12,13)10(14,15)16/h1-3H,(H2,17,18,19). The van der Waals surface area contributed by atoms with Gasteiger partial charge in [0.05, 0.1) is 5.52 Å². The van der Waals surface area contributed by atoms with Crippen molar-refractivity contribution in [2.45, 2.75) is 12.1 Å². The Balaban J connectivity index is 2.68. The topological polar surface area (TPSA) is 51.8 Å². The molecule has 1 heterocycles. The Morgan fingerprint density at radius 2 is 1.63 bits per heavy atom. The molecule has 0 saturated heterocycles. The van der Waals surface area contributed by atoms with Crippen LogP contribution in [0.1, 0.15) is 5.82 Å². The number of anilines is 1. The average Bonchev–Trinajstić information content (AvgIpc) is 2.28. The van der Waals surface area contributed by atoms with Crippen molar-refractivity contribution in [2.24, 2.45) is 0 Å². The molecule has 2 N–H and O–H groups in total. The van der Waals surface area contributed by atoms with Crippen molar-refractivity contribution >= 4 is 16.7 Å². The van der Waals surface area contributed by atoms with Crippen LogP contribution in [0.2, 0.25) is 0 Å². The number of halogens is 6. The minimum Gasteiger partial charge on any atom is -0.383 e. The molecule has 0 aliphatic heterocycles. The van der Waals surface area contributed by atoms with Crippen LogP contribution in [0.15, 0.2) is 18.2 Å². The molecule has 9 heteroatoms. The van der Waals surface area contributed by atoms with Gasteiger partial charge in [-0.05, 0) is 18.2 Å². The van der Waals surface area contributed by atoms with Gasteiger partial charge in [0.1, 0.15) is 11.6 Å². The highest BCUT2D eigenvalue weighted by molar-refractivity contribution is 5.87. The number of hydrogen-bond acceptors (Lipinski definition) is 3. The molecule has 0 amide bonds. The van der Waals surface area contributed by atoms with Gasteiger partial charge in [0, 0.05) is 5.39 Å². The van der Waals surface area contributed by atoms with E-state index in [9.17, 15) is 26.3 Å². The average molecular weight is 281 g/mol. The summed E-state index contributed by atoms with van der Waals surface area (Å²) in [4.78, 5) is 6.00. The summed E-state index contributed by atoms with van der Waals surface area (Å²) in [5, 5.41) is -0.137. The number of hydrogen-bond donors (Lipinski definition) is 1. The number of nitrogens with zero attached hydrogens (tertiary/aromatic N) is 2. The van der Waals surface area contributed by atoms with Gasteiger partial charge >= 0.3 is 12.1 Å². The third kappa shape index (κ3) is 2.15. The summed E-state index contributed by atoms with van der Waals surface area (Å²) in [6.45, 7) is 0. The highest BCUT2D eigenvalue weighted by Gasteiger charge is 2.61. The third-order valence-electron chi connectivity index (χ3n) is 2.32. The number of alkyl halides is 5. The first-order valence-electron chi connectivity index (χ1n) is 4.81. The normalized spacial score (nSPS) is 12.9. The molecule has 0 unspecified atom stereocenters.